The van der Waals surface area contributed by atoms with Crippen LogP contribution >= 0.6 is 0 Å². The van der Waals surface area contributed by atoms with Gasteiger partial charge in [-0.25, -0.2) is 0 Å². The van der Waals surface area contributed by atoms with Gasteiger partial charge < -0.3 is 15.5 Å². The Labute approximate surface area is 168 Å². The van der Waals surface area contributed by atoms with Crippen LogP contribution in [0.4, 0.5) is 5.69 Å². The van der Waals surface area contributed by atoms with Crippen LogP contribution in [0.25, 0.3) is 0 Å². The van der Waals surface area contributed by atoms with Gasteiger partial charge in [0, 0.05) is 43.7 Å². The molecule has 3 aliphatic rings. The number of carbonyl (C=O) groups excluding carboxylic acids is 2. The van der Waals surface area contributed by atoms with Crippen molar-refractivity contribution in [3.8, 4) is 0 Å². The lowest BCUT2D eigenvalue weighted by Gasteiger charge is -2.28. The zero-order valence-corrected chi connectivity index (χ0v) is 17.0. The molecule has 1 heterocycles. The molecule has 5 nitrogen and oxygen atoms in total. The average molecular weight is 384 g/mol. The van der Waals surface area contributed by atoms with E-state index in [1.165, 1.54) is 11.3 Å². The second-order valence-electron chi connectivity index (χ2n) is 8.94. The molecule has 1 aliphatic heterocycles. The van der Waals surface area contributed by atoms with Gasteiger partial charge in [-0.15, -0.1) is 0 Å². The molecular weight excluding hydrogens is 350 g/mol. The van der Waals surface area contributed by atoms with E-state index in [4.69, 9.17) is 0 Å². The molecule has 5 heteroatoms. The van der Waals surface area contributed by atoms with Gasteiger partial charge in [0.05, 0.1) is 0 Å². The van der Waals surface area contributed by atoms with E-state index in [9.17, 15) is 9.59 Å². The number of hydrogen-bond acceptors (Lipinski definition) is 3. The second kappa shape index (κ2) is 8.54. The number of carbonyl (C=O) groups is 2. The highest BCUT2D eigenvalue weighted by molar-refractivity contribution is 5.81. The first-order valence-electron chi connectivity index (χ1n) is 11.0. The lowest BCUT2D eigenvalue weighted by Crippen LogP contribution is -2.39. The zero-order chi connectivity index (χ0) is 19.5. The van der Waals surface area contributed by atoms with E-state index in [0.29, 0.717) is 18.4 Å². The number of fused-ring (bicyclic) bond motifs is 1. The molecule has 1 aromatic rings. The second-order valence-corrected chi connectivity index (χ2v) is 8.94. The highest BCUT2D eigenvalue weighted by atomic mass is 16.2. The summed E-state index contributed by atoms with van der Waals surface area (Å²) in [5, 5.41) is 6.27. The largest absolute Gasteiger partial charge is 0.369 e. The van der Waals surface area contributed by atoms with Gasteiger partial charge in [0.15, 0.2) is 0 Å². The third-order valence-electron chi connectivity index (χ3n) is 6.89. The fraction of sp³-hybridized carbons (Fsp3) is 0.652. The van der Waals surface area contributed by atoms with Crippen molar-refractivity contribution >= 4 is 17.5 Å². The van der Waals surface area contributed by atoms with E-state index < -0.39 is 0 Å². The summed E-state index contributed by atoms with van der Waals surface area (Å²) in [5.74, 6) is 1.93. The summed E-state index contributed by atoms with van der Waals surface area (Å²) in [6.07, 6.45) is 6.11. The highest BCUT2D eigenvalue weighted by Gasteiger charge is 2.39. The van der Waals surface area contributed by atoms with Crippen LogP contribution in [0.1, 0.15) is 44.6 Å². The molecule has 0 bridgehead atoms. The summed E-state index contributed by atoms with van der Waals surface area (Å²) in [6, 6.07) is 8.55. The molecule has 4 rings (SSSR count). The summed E-state index contributed by atoms with van der Waals surface area (Å²) in [6.45, 7) is 5.56. The SMILES string of the molecule is C[C@@H]1C[C@H]1C(=O)NCC1CCC(C(=O)NCCN2CCc3ccccc32)CC1. The van der Waals surface area contributed by atoms with E-state index in [2.05, 4.69) is 46.7 Å². The number of benzene rings is 1. The van der Waals surface area contributed by atoms with Crippen LogP contribution in [0.3, 0.4) is 0 Å². The molecule has 0 aromatic heterocycles. The number of nitrogens with zero attached hydrogens (tertiary/aromatic N) is 1. The molecule has 2 aliphatic carbocycles. The fourth-order valence-corrected chi connectivity index (χ4v) is 4.79. The number of nitrogens with one attached hydrogen (secondary N) is 2. The Kier molecular flexibility index (Phi) is 5.88. The number of anilines is 1. The van der Waals surface area contributed by atoms with E-state index >= 15 is 0 Å². The first-order chi connectivity index (χ1) is 13.6. The number of para-hydroxylation sites is 1. The Morgan fingerprint density at radius 3 is 2.57 bits per heavy atom. The minimum Gasteiger partial charge on any atom is -0.369 e. The molecule has 2 fully saturated rings. The number of hydrogen-bond donors (Lipinski definition) is 2. The predicted molar refractivity (Wildman–Crippen MR) is 111 cm³/mol. The Hall–Kier alpha value is -2.04. The van der Waals surface area contributed by atoms with Crippen molar-refractivity contribution in [2.45, 2.75) is 45.4 Å². The average Bonchev–Trinajstić information content (AvgIpc) is 3.32. The van der Waals surface area contributed by atoms with E-state index in [1.54, 1.807) is 0 Å². The minimum absolute atomic E-state index is 0.140. The van der Waals surface area contributed by atoms with Crippen LogP contribution in [0.5, 0.6) is 0 Å². The van der Waals surface area contributed by atoms with Gasteiger partial charge in [0.25, 0.3) is 0 Å². The Balaban J connectivity index is 1.12. The van der Waals surface area contributed by atoms with Crippen LogP contribution in [0, 0.1) is 23.7 Å². The van der Waals surface area contributed by atoms with Gasteiger partial charge in [-0.3, -0.25) is 9.59 Å². The Bertz CT molecular complexity index is 712. The molecule has 2 amide bonds. The zero-order valence-electron chi connectivity index (χ0n) is 17.0. The molecule has 152 valence electrons. The van der Waals surface area contributed by atoms with E-state index in [1.807, 2.05) is 0 Å². The van der Waals surface area contributed by atoms with Crippen LogP contribution in [0.2, 0.25) is 0 Å². The van der Waals surface area contributed by atoms with Crippen molar-refractivity contribution in [2.24, 2.45) is 23.7 Å². The number of amides is 2. The molecule has 2 saturated carbocycles. The summed E-state index contributed by atoms with van der Waals surface area (Å²) in [5.41, 5.74) is 2.73. The van der Waals surface area contributed by atoms with Gasteiger partial charge in [0.2, 0.25) is 11.8 Å². The van der Waals surface area contributed by atoms with E-state index in [0.717, 1.165) is 58.2 Å². The molecule has 0 unspecified atom stereocenters. The summed E-state index contributed by atoms with van der Waals surface area (Å²) in [4.78, 5) is 26.9. The lowest BCUT2D eigenvalue weighted by atomic mass is 9.81. The fourth-order valence-electron chi connectivity index (χ4n) is 4.79. The lowest BCUT2D eigenvalue weighted by molar-refractivity contribution is -0.126. The third-order valence-corrected chi connectivity index (χ3v) is 6.89. The standard InChI is InChI=1S/C23H33N3O2/c1-16-14-20(16)23(28)25-15-17-6-8-19(9-7-17)22(27)24-11-13-26-12-10-18-4-2-3-5-21(18)26/h2-5,16-17,19-20H,6-15H2,1H3,(H,24,27)(H,25,28)/t16-,17?,19?,20-/m1/s1. The molecule has 0 saturated heterocycles. The molecule has 0 radical (unpaired) electrons. The van der Waals surface area contributed by atoms with Crippen LogP contribution in [-0.4, -0.2) is 38.0 Å². The van der Waals surface area contributed by atoms with Gasteiger partial charge in [-0.2, -0.15) is 0 Å². The van der Waals surface area contributed by atoms with Crippen molar-refractivity contribution in [3.63, 3.8) is 0 Å². The summed E-state index contributed by atoms with van der Waals surface area (Å²) >= 11 is 0. The maximum absolute atomic E-state index is 12.5. The first-order valence-corrected chi connectivity index (χ1v) is 11.0. The normalized spacial score (nSPS) is 28.5. The maximum Gasteiger partial charge on any atom is 0.223 e. The summed E-state index contributed by atoms with van der Waals surface area (Å²) in [7, 11) is 0. The molecule has 1 aromatic carbocycles. The molecular formula is C23H33N3O2. The molecule has 2 atom stereocenters. The monoisotopic (exact) mass is 383 g/mol. The van der Waals surface area contributed by atoms with Gasteiger partial charge >= 0.3 is 0 Å². The van der Waals surface area contributed by atoms with Gasteiger partial charge in [0.1, 0.15) is 0 Å². The van der Waals surface area contributed by atoms with Crippen LogP contribution < -0.4 is 15.5 Å². The van der Waals surface area contributed by atoms with E-state index in [-0.39, 0.29) is 23.7 Å². The topological polar surface area (TPSA) is 61.4 Å². The van der Waals surface area contributed by atoms with Crippen LogP contribution in [-0.2, 0) is 16.0 Å². The van der Waals surface area contributed by atoms with Gasteiger partial charge in [-0.05, 0) is 62.0 Å². The molecule has 2 N–H and O–H groups in total. The predicted octanol–water partition coefficient (Wildman–Crippen LogP) is 2.74. The third kappa shape index (κ3) is 4.50. The summed E-state index contributed by atoms with van der Waals surface area (Å²) < 4.78 is 0. The quantitative estimate of drug-likeness (QED) is 0.761. The van der Waals surface area contributed by atoms with Crippen molar-refractivity contribution in [1.82, 2.24) is 10.6 Å². The van der Waals surface area contributed by atoms with Crippen LogP contribution in [0.15, 0.2) is 24.3 Å². The van der Waals surface area contributed by atoms with Crippen molar-refractivity contribution in [1.29, 1.82) is 0 Å². The maximum atomic E-state index is 12.5. The molecule has 0 spiro atoms. The Morgan fingerprint density at radius 1 is 1.07 bits per heavy atom. The van der Waals surface area contributed by atoms with Crippen molar-refractivity contribution < 1.29 is 9.59 Å². The molecule has 28 heavy (non-hydrogen) atoms. The number of rotatable bonds is 7. The minimum atomic E-state index is 0.140. The van der Waals surface area contributed by atoms with Crippen molar-refractivity contribution in [2.75, 3.05) is 31.1 Å². The smallest absolute Gasteiger partial charge is 0.223 e. The van der Waals surface area contributed by atoms with Crippen molar-refractivity contribution in [3.05, 3.63) is 29.8 Å². The first kappa shape index (κ1) is 19.3. The highest BCUT2D eigenvalue weighted by Crippen LogP contribution is 2.38. The Morgan fingerprint density at radius 2 is 1.82 bits per heavy atom. The van der Waals surface area contributed by atoms with Gasteiger partial charge in [-0.1, -0.05) is 25.1 Å².